The van der Waals surface area contributed by atoms with E-state index in [-0.39, 0.29) is 5.91 Å². The summed E-state index contributed by atoms with van der Waals surface area (Å²) in [7, 11) is 4.02. The molecule has 0 spiro atoms. The molecule has 1 aliphatic rings. The summed E-state index contributed by atoms with van der Waals surface area (Å²) < 4.78 is 5.48. The summed E-state index contributed by atoms with van der Waals surface area (Å²) in [6.07, 6.45) is -0.410. The van der Waals surface area contributed by atoms with E-state index in [9.17, 15) is 4.79 Å². The maximum Gasteiger partial charge on any atom is 0.265 e. The highest BCUT2D eigenvalue weighted by Crippen LogP contribution is 2.30. The van der Waals surface area contributed by atoms with Crippen molar-refractivity contribution < 1.29 is 9.53 Å². The minimum atomic E-state index is -0.410. The van der Waals surface area contributed by atoms with E-state index in [0.717, 1.165) is 23.5 Å². The molecule has 1 amide bonds. The van der Waals surface area contributed by atoms with Crippen molar-refractivity contribution in [3.05, 3.63) is 23.8 Å². The zero-order chi connectivity index (χ0) is 11.7. The van der Waals surface area contributed by atoms with Gasteiger partial charge in [-0.1, -0.05) is 6.07 Å². The van der Waals surface area contributed by atoms with E-state index in [1.165, 1.54) is 0 Å². The third-order valence-corrected chi connectivity index (χ3v) is 2.47. The molecule has 4 heteroatoms. The van der Waals surface area contributed by atoms with Gasteiger partial charge in [-0.05, 0) is 38.7 Å². The number of rotatable bonds is 2. The monoisotopic (exact) mass is 220 g/mol. The molecular weight excluding hydrogens is 204 g/mol. The summed E-state index contributed by atoms with van der Waals surface area (Å²) in [4.78, 5) is 13.5. The third kappa shape index (κ3) is 2.17. The van der Waals surface area contributed by atoms with Gasteiger partial charge in [0.15, 0.2) is 6.10 Å². The SMILES string of the molecule is CC1Oc2ccc(CN(C)C)cc2NC1=O. The minimum absolute atomic E-state index is 0.0884. The van der Waals surface area contributed by atoms with Gasteiger partial charge in [-0.15, -0.1) is 0 Å². The van der Waals surface area contributed by atoms with Gasteiger partial charge in [0.25, 0.3) is 5.91 Å². The highest BCUT2D eigenvalue weighted by Gasteiger charge is 2.23. The van der Waals surface area contributed by atoms with Crippen LogP contribution in [0.2, 0.25) is 0 Å². The van der Waals surface area contributed by atoms with Crippen LogP contribution in [0.3, 0.4) is 0 Å². The first-order valence-corrected chi connectivity index (χ1v) is 5.31. The zero-order valence-electron chi connectivity index (χ0n) is 9.78. The average molecular weight is 220 g/mol. The summed E-state index contributed by atoms with van der Waals surface area (Å²) >= 11 is 0. The second-order valence-corrected chi connectivity index (χ2v) is 4.32. The van der Waals surface area contributed by atoms with E-state index < -0.39 is 6.10 Å². The molecule has 4 nitrogen and oxygen atoms in total. The summed E-state index contributed by atoms with van der Waals surface area (Å²) in [6, 6.07) is 5.88. The van der Waals surface area contributed by atoms with Crippen LogP contribution in [0, 0.1) is 0 Å². The van der Waals surface area contributed by atoms with E-state index in [4.69, 9.17) is 4.74 Å². The van der Waals surface area contributed by atoms with Gasteiger partial charge in [0.05, 0.1) is 5.69 Å². The first-order valence-electron chi connectivity index (χ1n) is 5.31. The van der Waals surface area contributed by atoms with Crippen LogP contribution in [0.5, 0.6) is 5.75 Å². The molecule has 1 unspecified atom stereocenters. The fourth-order valence-corrected chi connectivity index (χ4v) is 1.72. The molecule has 86 valence electrons. The Balaban J connectivity index is 2.25. The normalized spacial score (nSPS) is 19.0. The predicted molar refractivity (Wildman–Crippen MR) is 62.6 cm³/mol. The molecular formula is C12H16N2O2. The van der Waals surface area contributed by atoms with E-state index in [1.807, 2.05) is 32.3 Å². The molecule has 1 heterocycles. The molecule has 1 N–H and O–H groups in total. The third-order valence-electron chi connectivity index (χ3n) is 2.47. The molecule has 2 rings (SSSR count). The number of amides is 1. The Kier molecular flexibility index (Phi) is 2.83. The number of carbonyl (C=O) groups is 1. The maximum absolute atomic E-state index is 11.4. The van der Waals surface area contributed by atoms with E-state index in [2.05, 4.69) is 10.2 Å². The summed E-state index contributed by atoms with van der Waals surface area (Å²) in [5, 5.41) is 2.84. The van der Waals surface area contributed by atoms with E-state index >= 15 is 0 Å². The van der Waals surface area contributed by atoms with Crippen LogP contribution in [-0.4, -0.2) is 31.0 Å². The summed E-state index contributed by atoms with van der Waals surface area (Å²) in [5.41, 5.74) is 1.92. The van der Waals surface area contributed by atoms with Crippen LogP contribution in [-0.2, 0) is 11.3 Å². The number of hydrogen-bond acceptors (Lipinski definition) is 3. The zero-order valence-corrected chi connectivity index (χ0v) is 9.78. The molecule has 0 saturated heterocycles. The van der Waals surface area contributed by atoms with E-state index in [0.29, 0.717) is 0 Å². The van der Waals surface area contributed by atoms with Gasteiger partial charge in [0.1, 0.15) is 5.75 Å². The second kappa shape index (κ2) is 4.14. The van der Waals surface area contributed by atoms with Crippen LogP contribution in [0.25, 0.3) is 0 Å². The summed E-state index contributed by atoms with van der Waals surface area (Å²) in [6.45, 7) is 2.59. The molecule has 0 aliphatic carbocycles. The largest absolute Gasteiger partial charge is 0.479 e. The van der Waals surface area contributed by atoms with Gasteiger partial charge in [0.2, 0.25) is 0 Å². The Morgan fingerprint density at radius 2 is 2.19 bits per heavy atom. The highest BCUT2D eigenvalue weighted by molar-refractivity contribution is 5.97. The Morgan fingerprint density at radius 1 is 1.44 bits per heavy atom. The number of hydrogen-bond donors (Lipinski definition) is 1. The number of benzene rings is 1. The van der Waals surface area contributed by atoms with Gasteiger partial charge >= 0.3 is 0 Å². The van der Waals surface area contributed by atoms with Gasteiger partial charge in [-0.3, -0.25) is 4.79 Å². The smallest absolute Gasteiger partial charge is 0.265 e. The number of fused-ring (bicyclic) bond motifs is 1. The molecule has 1 aliphatic heterocycles. The van der Waals surface area contributed by atoms with Crippen molar-refractivity contribution in [2.24, 2.45) is 0 Å². The molecule has 0 radical (unpaired) electrons. The van der Waals surface area contributed by atoms with Crippen LogP contribution in [0.4, 0.5) is 5.69 Å². The van der Waals surface area contributed by atoms with Crippen LogP contribution < -0.4 is 10.1 Å². The lowest BCUT2D eigenvalue weighted by Gasteiger charge is -2.24. The van der Waals surface area contributed by atoms with Gasteiger partial charge in [-0.25, -0.2) is 0 Å². The molecule has 0 saturated carbocycles. The molecule has 0 aromatic heterocycles. The molecule has 0 fully saturated rings. The van der Waals surface area contributed by atoms with Crippen molar-refractivity contribution in [2.75, 3.05) is 19.4 Å². The first-order chi connectivity index (χ1) is 7.56. The fraction of sp³-hybridized carbons (Fsp3) is 0.417. The second-order valence-electron chi connectivity index (χ2n) is 4.32. The van der Waals surface area contributed by atoms with Gasteiger partial charge < -0.3 is 15.0 Å². The van der Waals surface area contributed by atoms with Gasteiger partial charge in [-0.2, -0.15) is 0 Å². The number of carbonyl (C=O) groups excluding carboxylic acids is 1. The quantitative estimate of drug-likeness (QED) is 0.820. The lowest BCUT2D eigenvalue weighted by molar-refractivity contribution is -0.122. The minimum Gasteiger partial charge on any atom is -0.479 e. The Labute approximate surface area is 95.2 Å². The fourth-order valence-electron chi connectivity index (χ4n) is 1.72. The molecule has 1 aromatic carbocycles. The first kappa shape index (κ1) is 11.0. The van der Waals surface area contributed by atoms with Crippen LogP contribution in [0.1, 0.15) is 12.5 Å². The number of anilines is 1. The van der Waals surface area contributed by atoms with Crippen molar-refractivity contribution in [2.45, 2.75) is 19.6 Å². The lowest BCUT2D eigenvalue weighted by Crippen LogP contribution is -2.34. The van der Waals surface area contributed by atoms with Crippen molar-refractivity contribution >= 4 is 11.6 Å². The number of ether oxygens (including phenoxy) is 1. The Hall–Kier alpha value is -1.55. The van der Waals surface area contributed by atoms with Gasteiger partial charge in [0, 0.05) is 6.54 Å². The van der Waals surface area contributed by atoms with Crippen molar-refractivity contribution in [3.63, 3.8) is 0 Å². The molecule has 0 bridgehead atoms. The maximum atomic E-state index is 11.4. The number of nitrogens with one attached hydrogen (secondary N) is 1. The van der Waals surface area contributed by atoms with E-state index in [1.54, 1.807) is 6.92 Å². The molecule has 1 aromatic rings. The number of nitrogens with zero attached hydrogens (tertiary/aromatic N) is 1. The standard InChI is InChI=1S/C12H16N2O2/c1-8-12(15)13-10-6-9(7-14(2)3)4-5-11(10)16-8/h4-6,8H,7H2,1-3H3,(H,13,15). The Bertz CT molecular complexity index is 415. The molecule has 16 heavy (non-hydrogen) atoms. The highest BCUT2D eigenvalue weighted by atomic mass is 16.5. The Morgan fingerprint density at radius 3 is 2.88 bits per heavy atom. The van der Waals surface area contributed by atoms with Crippen molar-refractivity contribution in [1.29, 1.82) is 0 Å². The summed E-state index contributed by atoms with van der Waals surface area (Å²) in [5.74, 6) is 0.657. The van der Waals surface area contributed by atoms with Crippen molar-refractivity contribution in [3.8, 4) is 5.75 Å². The molecule has 1 atom stereocenters. The predicted octanol–water partition coefficient (Wildman–Crippen LogP) is 1.47. The van der Waals surface area contributed by atoms with Crippen LogP contribution >= 0.6 is 0 Å². The van der Waals surface area contributed by atoms with Crippen LogP contribution in [0.15, 0.2) is 18.2 Å². The average Bonchev–Trinajstić information content (AvgIpc) is 2.19. The van der Waals surface area contributed by atoms with Crippen molar-refractivity contribution in [1.82, 2.24) is 4.90 Å². The topological polar surface area (TPSA) is 41.6 Å². The lowest BCUT2D eigenvalue weighted by atomic mass is 10.1.